The second kappa shape index (κ2) is 9.51. The Bertz CT molecular complexity index is 1100. The van der Waals surface area contributed by atoms with Crippen LogP contribution in [0.3, 0.4) is 0 Å². The number of fused-ring (bicyclic) bond motifs is 2. The summed E-state index contributed by atoms with van der Waals surface area (Å²) in [5.74, 6) is 1.55. The van der Waals surface area contributed by atoms with E-state index < -0.39 is 0 Å². The molecular formula is C27H29ClFNO2. The molecule has 0 N–H and O–H groups in total. The summed E-state index contributed by atoms with van der Waals surface area (Å²) >= 11 is 0. The molecule has 0 spiro atoms. The Morgan fingerprint density at radius 1 is 1.06 bits per heavy atom. The summed E-state index contributed by atoms with van der Waals surface area (Å²) < 4.78 is 25.2. The smallest absolute Gasteiger partial charge is 0.127 e. The Morgan fingerprint density at radius 3 is 2.62 bits per heavy atom. The van der Waals surface area contributed by atoms with E-state index in [1.807, 2.05) is 6.07 Å². The minimum absolute atomic E-state index is 0. The van der Waals surface area contributed by atoms with Gasteiger partial charge in [0.05, 0.1) is 7.11 Å². The lowest BCUT2D eigenvalue weighted by molar-refractivity contribution is 0.182. The zero-order valence-corrected chi connectivity index (χ0v) is 19.4. The van der Waals surface area contributed by atoms with Crippen molar-refractivity contribution < 1.29 is 13.9 Å². The molecular weight excluding hydrogens is 425 g/mol. The molecule has 3 aromatic rings. The Morgan fingerprint density at radius 2 is 1.88 bits per heavy atom. The molecule has 3 aromatic carbocycles. The highest BCUT2D eigenvalue weighted by atomic mass is 35.5. The molecule has 0 fully saturated rings. The first-order chi connectivity index (χ1) is 15.2. The first-order valence-corrected chi connectivity index (χ1v) is 11.1. The Kier molecular flexibility index (Phi) is 6.73. The molecule has 0 saturated heterocycles. The summed E-state index contributed by atoms with van der Waals surface area (Å²) in [6.45, 7) is 4.87. The summed E-state index contributed by atoms with van der Waals surface area (Å²) in [5.41, 5.74) is 7.51. The molecule has 0 amide bonds. The molecule has 1 aliphatic carbocycles. The third-order valence-electron chi connectivity index (χ3n) is 6.53. The van der Waals surface area contributed by atoms with Crippen LogP contribution in [-0.2, 0) is 19.4 Å². The molecule has 3 nitrogen and oxygen atoms in total. The normalized spacial score (nSPS) is 16.5. The van der Waals surface area contributed by atoms with Gasteiger partial charge in [-0.1, -0.05) is 31.2 Å². The highest BCUT2D eigenvalue weighted by Gasteiger charge is 2.35. The van der Waals surface area contributed by atoms with Crippen LogP contribution >= 0.6 is 12.4 Å². The number of nitrogens with zero attached hydrogens (tertiary/aromatic N) is 1. The lowest BCUT2D eigenvalue weighted by atomic mass is 9.76. The molecule has 0 aromatic heterocycles. The first-order valence-electron chi connectivity index (χ1n) is 11.1. The third-order valence-corrected chi connectivity index (χ3v) is 6.53. The van der Waals surface area contributed by atoms with Gasteiger partial charge in [-0.25, -0.2) is 4.39 Å². The standard InChI is InChI=1S/C27H28FNO2.ClH/c1-3-12-29-13-11-20-14-22(30-2)16-23-26(20)24(29)15-19-5-4-6-25(27(19)23)31-17-18-7-9-21(28)10-8-18;/h4-10,14,16,24H,3,11-13,15,17H2,1-2H3;1H/t24-;/m1./s1. The first kappa shape index (κ1) is 22.6. The molecule has 5 heteroatoms. The van der Waals surface area contributed by atoms with Crippen molar-refractivity contribution in [1.29, 1.82) is 0 Å². The summed E-state index contributed by atoms with van der Waals surface area (Å²) in [7, 11) is 1.73. The van der Waals surface area contributed by atoms with Crippen molar-refractivity contribution in [3.63, 3.8) is 0 Å². The Balaban J connectivity index is 0.00000245. The van der Waals surface area contributed by atoms with Gasteiger partial charge in [0, 0.05) is 18.2 Å². The van der Waals surface area contributed by atoms with Crippen molar-refractivity contribution in [3.8, 4) is 22.6 Å². The van der Waals surface area contributed by atoms with Crippen LogP contribution in [0.5, 0.6) is 11.5 Å². The van der Waals surface area contributed by atoms with Crippen LogP contribution in [-0.4, -0.2) is 25.1 Å². The Hall–Kier alpha value is -2.56. The topological polar surface area (TPSA) is 21.7 Å². The quantitative estimate of drug-likeness (QED) is 0.433. The van der Waals surface area contributed by atoms with Crippen LogP contribution in [0, 0.1) is 5.82 Å². The summed E-state index contributed by atoms with van der Waals surface area (Å²) in [4.78, 5) is 2.63. The fourth-order valence-electron chi connectivity index (χ4n) is 5.12. The molecule has 32 heavy (non-hydrogen) atoms. The number of benzene rings is 3. The fourth-order valence-corrected chi connectivity index (χ4v) is 5.12. The van der Waals surface area contributed by atoms with Crippen molar-refractivity contribution >= 4 is 12.4 Å². The SMILES string of the molecule is CCCN1CCc2cc(OC)cc3c2[C@H]1Cc1cccc(OCc2ccc(F)cc2)c1-3.Cl. The van der Waals surface area contributed by atoms with Crippen LogP contribution in [0.1, 0.15) is 41.6 Å². The average molecular weight is 454 g/mol. The van der Waals surface area contributed by atoms with Gasteiger partial charge in [0.1, 0.15) is 23.9 Å². The lowest BCUT2D eigenvalue weighted by Gasteiger charge is -2.42. The van der Waals surface area contributed by atoms with E-state index in [0.29, 0.717) is 12.6 Å². The van der Waals surface area contributed by atoms with Crippen molar-refractivity contribution in [1.82, 2.24) is 4.90 Å². The van der Waals surface area contributed by atoms with Crippen LogP contribution < -0.4 is 9.47 Å². The second-order valence-electron chi connectivity index (χ2n) is 8.46. The number of hydrogen-bond donors (Lipinski definition) is 0. The molecule has 1 atom stereocenters. The molecule has 1 heterocycles. The van der Waals surface area contributed by atoms with E-state index in [9.17, 15) is 4.39 Å². The van der Waals surface area contributed by atoms with Gasteiger partial charge >= 0.3 is 0 Å². The van der Waals surface area contributed by atoms with Gasteiger partial charge in [0.25, 0.3) is 0 Å². The molecule has 2 aliphatic rings. The van der Waals surface area contributed by atoms with Crippen molar-refractivity contribution in [2.45, 2.75) is 38.8 Å². The minimum Gasteiger partial charge on any atom is -0.497 e. The third kappa shape index (κ3) is 4.10. The van der Waals surface area contributed by atoms with Crippen LogP contribution in [0.2, 0.25) is 0 Å². The Labute approximate surface area is 195 Å². The molecule has 0 saturated carbocycles. The van der Waals surface area contributed by atoms with E-state index >= 15 is 0 Å². The molecule has 0 bridgehead atoms. The van der Waals surface area contributed by atoms with Crippen LogP contribution in [0.4, 0.5) is 4.39 Å². The largest absolute Gasteiger partial charge is 0.497 e. The molecule has 5 rings (SSSR count). The average Bonchev–Trinajstić information content (AvgIpc) is 2.80. The van der Waals surface area contributed by atoms with Crippen molar-refractivity contribution in [2.24, 2.45) is 0 Å². The maximum Gasteiger partial charge on any atom is 0.127 e. The van der Waals surface area contributed by atoms with Crippen molar-refractivity contribution in [3.05, 3.63) is 82.7 Å². The van der Waals surface area contributed by atoms with Gasteiger partial charge in [-0.3, -0.25) is 4.90 Å². The predicted octanol–water partition coefficient (Wildman–Crippen LogP) is 6.37. The van der Waals surface area contributed by atoms with Gasteiger partial charge < -0.3 is 9.47 Å². The van der Waals surface area contributed by atoms with E-state index in [-0.39, 0.29) is 18.2 Å². The second-order valence-corrected chi connectivity index (χ2v) is 8.46. The number of methoxy groups -OCH3 is 1. The summed E-state index contributed by atoms with van der Waals surface area (Å²) in [5, 5.41) is 0. The van der Waals surface area contributed by atoms with Gasteiger partial charge in [-0.05, 0) is 84.0 Å². The number of halogens is 2. The summed E-state index contributed by atoms with van der Waals surface area (Å²) in [6.07, 6.45) is 3.20. The molecule has 1 aliphatic heterocycles. The monoisotopic (exact) mass is 453 g/mol. The highest BCUT2D eigenvalue weighted by Crippen LogP contribution is 2.49. The number of ether oxygens (including phenoxy) is 2. The zero-order chi connectivity index (χ0) is 21.4. The van der Waals surface area contributed by atoms with Gasteiger partial charge in [-0.15, -0.1) is 12.4 Å². The maximum atomic E-state index is 13.3. The zero-order valence-electron chi connectivity index (χ0n) is 18.6. The predicted molar refractivity (Wildman–Crippen MR) is 128 cm³/mol. The number of rotatable bonds is 6. The molecule has 0 radical (unpaired) electrons. The highest BCUT2D eigenvalue weighted by molar-refractivity contribution is 5.85. The molecule has 0 unspecified atom stereocenters. The van der Waals surface area contributed by atoms with E-state index in [1.165, 1.54) is 39.9 Å². The van der Waals surface area contributed by atoms with E-state index in [2.05, 4.69) is 36.1 Å². The van der Waals surface area contributed by atoms with Gasteiger partial charge in [0.2, 0.25) is 0 Å². The van der Waals surface area contributed by atoms with E-state index in [4.69, 9.17) is 9.47 Å². The van der Waals surface area contributed by atoms with E-state index in [0.717, 1.165) is 49.4 Å². The fraction of sp³-hybridized carbons (Fsp3) is 0.333. The maximum absolute atomic E-state index is 13.3. The van der Waals surface area contributed by atoms with Gasteiger partial charge in [-0.2, -0.15) is 0 Å². The summed E-state index contributed by atoms with van der Waals surface area (Å²) in [6, 6.07) is 17.6. The lowest BCUT2D eigenvalue weighted by Crippen LogP contribution is -2.38. The number of hydrogen-bond acceptors (Lipinski definition) is 3. The van der Waals surface area contributed by atoms with Gasteiger partial charge in [0.15, 0.2) is 0 Å². The van der Waals surface area contributed by atoms with Crippen molar-refractivity contribution in [2.75, 3.05) is 20.2 Å². The van der Waals surface area contributed by atoms with E-state index in [1.54, 1.807) is 19.2 Å². The minimum atomic E-state index is -0.230. The van der Waals surface area contributed by atoms with Crippen LogP contribution in [0.25, 0.3) is 11.1 Å². The van der Waals surface area contributed by atoms with Crippen LogP contribution in [0.15, 0.2) is 54.6 Å². The molecule has 168 valence electrons.